The first-order valence-corrected chi connectivity index (χ1v) is 9.41. The fourth-order valence-corrected chi connectivity index (χ4v) is 3.88. The van der Waals surface area contributed by atoms with Gasteiger partial charge in [-0.25, -0.2) is 0 Å². The fourth-order valence-electron chi connectivity index (χ4n) is 2.58. The average molecular weight is 386 g/mol. The van der Waals surface area contributed by atoms with Gasteiger partial charge in [0, 0.05) is 0 Å². The van der Waals surface area contributed by atoms with E-state index in [1.54, 1.807) is 12.0 Å². The quantitative estimate of drug-likeness (QED) is 0.546. The molecule has 1 amide bonds. The summed E-state index contributed by atoms with van der Waals surface area (Å²) >= 11 is 6.71. The van der Waals surface area contributed by atoms with Gasteiger partial charge in [-0.1, -0.05) is 47.7 Å². The number of rotatable bonds is 5. The molecule has 1 saturated heterocycles. The van der Waals surface area contributed by atoms with Crippen molar-refractivity contribution in [1.29, 1.82) is 0 Å². The first-order valence-electron chi connectivity index (χ1n) is 8.19. The molecule has 0 N–H and O–H groups in total. The van der Waals surface area contributed by atoms with Gasteiger partial charge in [0.2, 0.25) is 0 Å². The lowest BCUT2D eigenvalue weighted by Crippen LogP contribution is -2.27. The van der Waals surface area contributed by atoms with Crippen molar-refractivity contribution in [3.05, 3.63) is 58.5 Å². The third-order valence-corrected chi connectivity index (χ3v) is 5.17. The molecule has 1 fully saturated rings. The van der Waals surface area contributed by atoms with Crippen molar-refractivity contribution in [1.82, 2.24) is 0 Å². The highest BCUT2D eigenvalue weighted by Gasteiger charge is 2.33. The summed E-state index contributed by atoms with van der Waals surface area (Å²) in [6.45, 7) is 4.49. The summed E-state index contributed by atoms with van der Waals surface area (Å²) in [7, 11) is 1.60. The van der Waals surface area contributed by atoms with Gasteiger partial charge in [0.25, 0.3) is 5.91 Å². The van der Waals surface area contributed by atoms with Crippen LogP contribution in [-0.2, 0) is 4.79 Å². The van der Waals surface area contributed by atoms with E-state index in [9.17, 15) is 4.79 Å². The Bertz CT molecular complexity index is 875. The van der Waals surface area contributed by atoms with Gasteiger partial charge in [-0.3, -0.25) is 9.69 Å². The molecule has 0 atom stereocenters. The third-order valence-electron chi connectivity index (χ3n) is 3.87. The lowest BCUT2D eigenvalue weighted by Gasteiger charge is -2.14. The number of thiocarbonyl (C=S) groups is 1. The summed E-state index contributed by atoms with van der Waals surface area (Å²) < 4.78 is 11.4. The summed E-state index contributed by atoms with van der Waals surface area (Å²) in [6, 6.07) is 13.3. The maximum atomic E-state index is 12.8. The van der Waals surface area contributed by atoms with Crippen molar-refractivity contribution in [2.24, 2.45) is 0 Å². The number of ether oxygens (including phenoxy) is 2. The van der Waals surface area contributed by atoms with E-state index in [0.29, 0.717) is 27.3 Å². The van der Waals surface area contributed by atoms with Crippen LogP contribution in [0.15, 0.2) is 47.4 Å². The molecule has 2 aromatic carbocycles. The molecule has 0 spiro atoms. The summed E-state index contributed by atoms with van der Waals surface area (Å²) in [6.07, 6.45) is 1.83. The van der Waals surface area contributed by atoms with E-state index in [2.05, 4.69) is 0 Å². The van der Waals surface area contributed by atoms with Gasteiger partial charge in [-0.05, 0) is 49.8 Å². The molecule has 4 nitrogen and oxygen atoms in total. The Morgan fingerprint density at radius 1 is 1.15 bits per heavy atom. The maximum absolute atomic E-state index is 12.8. The number of hydrogen-bond donors (Lipinski definition) is 0. The highest BCUT2D eigenvalue weighted by atomic mass is 32.2. The zero-order valence-corrected chi connectivity index (χ0v) is 16.4. The van der Waals surface area contributed by atoms with Gasteiger partial charge in [-0.2, -0.15) is 0 Å². The molecule has 1 heterocycles. The minimum Gasteiger partial charge on any atom is -0.493 e. The van der Waals surface area contributed by atoms with E-state index in [1.807, 2.05) is 62.4 Å². The van der Waals surface area contributed by atoms with E-state index < -0.39 is 0 Å². The van der Waals surface area contributed by atoms with Crippen LogP contribution in [0.5, 0.6) is 11.5 Å². The van der Waals surface area contributed by atoms with E-state index >= 15 is 0 Å². The van der Waals surface area contributed by atoms with E-state index in [1.165, 1.54) is 11.8 Å². The van der Waals surface area contributed by atoms with Gasteiger partial charge in [0.1, 0.15) is 0 Å². The Labute approximate surface area is 162 Å². The molecule has 134 valence electrons. The number of amides is 1. The Morgan fingerprint density at radius 3 is 2.54 bits per heavy atom. The normalized spacial score (nSPS) is 15.7. The topological polar surface area (TPSA) is 38.8 Å². The first-order chi connectivity index (χ1) is 12.5. The van der Waals surface area contributed by atoms with Crippen molar-refractivity contribution >= 4 is 46.0 Å². The fraction of sp³-hybridized carbons (Fsp3) is 0.200. The van der Waals surface area contributed by atoms with Crippen molar-refractivity contribution in [3.8, 4) is 11.5 Å². The minimum atomic E-state index is -0.114. The number of anilines is 1. The van der Waals surface area contributed by atoms with Crippen LogP contribution in [-0.4, -0.2) is 23.9 Å². The van der Waals surface area contributed by atoms with E-state index in [-0.39, 0.29) is 5.91 Å². The lowest BCUT2D eigenvalue weighted by molar-refractivity contribution is -0.113. The van der Waals surface area contributed by atoms with Crippen LogP contribution in [0.25, 0.3) is 6.08 Å². The predicted octanol–water partition coefficient (Wildman–Crippen LogP) is 4.81. The molecular formula is C20H19NO3S2. The van der Waals surface area contributed by atoms with Crippen molar-refractivity contribution in [3.63, 3.8) is 0 Å². The van der Waals surface area contributed by atoms with Crippen LogP contribution in [0.3, 0.4) is 0 Å². The SMILES string of the molecule is CCOc1ccc(C=C2SC(=S)N(c3ccc(C)cc3)C2=O)cc1OC. The summed E-state index contributed by atoms with van der Waals surface area (Å²) in [5.41, 5.74) is 2.77. The smallest absolute Gasteiger partial charge is 0.270 e. The number of aryl methyl sites for hydroxylation is 1. The van der Waals surface area contributed by atoms with Crippen molar-refractivity contribution < 1.29 is 14.3 Å². The molecule has 0 bridgehead atoms. The molecule has 1 aliphatic heterocycles. The molecule has 0 radical (unpaired) electrons. The van der Waals surface area contributed by atoms with Gasteiger partial charge in [0.05, 0.1) is 24.3 Å². The van der Waals surface area contributed by atoms with Gasteiger partial charge in [-0.15, -0.1) is 0 Å². The Hall–Kier alpha value is -2.31. The Balaban J connectivity index is 1.89. The van der Waals surface area contributed by atoms with Gasteiger partial charge < -0.3 is 9.47 Å². The second-order valence-corrected chi connectivity index (χ2v) is 7.37. The van der Waals surface area contributed by atoms with Crippen LogP contribution < -0.4 is 14.4 Å². The molecule has 1 aliphatic rings. The van der Waals surface area contributed by atoms with Crippen molar-refractivity contribution in [2.75, 3.05) is 18.6 Å². The molecule has 6 heteroatoms. The van der Waals surface area contributed by atoms with Crippen LogP contribution in [0.2, 0.25) is 0 Å². The molecule has 2 aromatic rings. The van der Waals surface area contributed by atoms with Crippen LogP contribution in [0.4, 0.5) is 5.69 Å². The number of hydrogen-bond acceptors (Lipinski definition) is 5. The largest absolute Gasteiger partial charge is 0.493 e. The minimum absolute atomic E-state index is 0.114. The summed E-state index contributed by atoms with van der Waals surface area (Å²) in [5.74, 6) is 1.20. The monoisotopic (exact) mass is 385 g/mol. The number of carbonyl (C=O) groups is 1. The number of methoxy groups -OCH3 is 1. The Morgan fingerprint density at radius 2 is 1.88 bits per heavy atom. The number of benzene rings is 2. The molecule has 0 aromatic heterocycles. The van der Waals surface area contributed by atoms with Gasteiger partial charge in [0.15, 0.2) is 15.8 Å². The molecule has 3 rings (SSSR count). The van der Waals surface area contributed by atoms with Crippen LogP contribution >= 0.6 is 24.0 Å². The van der Waals surface area contributed by atoms with Crippen molar-refractivity contribution in [2.45, 2.75) is 13.8 Å². The van der Waals surface area contributed by atoms with Gasteiger partial charge >= 0.3 is 0 Å². The van der Waals surface area contributed by atoms with Crippen LogP contribution in [0.1, 0.15) is 18.1 Å². The standard InChI is InChI=1S/C20H19NO3S2/c1-4-24-16-10-7-14(11-17(16)23-3)12-18-19(22)21(20(25)26-18)15-8-5-13(2)6-9-15/h5-12H,4H2,1-3H3. The molecule has 0 saturated carbocycles. The maximum Gasteiger partial charge on any atom is 0.270 e. The Kier molecular flexibility index (Phi) is 5.64. The van der Waals surface area contributed by atoms with E-state index in [0.717, 1.165) is 16.8 Å². The average Bonchev–Trinajstić information content (AvgIpc) is 2.91. The molecule has 0 aliphatic carbocycles. The second-order valence-electron chi connectivity index (χ2n) is 5.70. The lowest BCUT2D eigenvalue weighted by atomic mass is 10.1. The second kappa shape index (κ2) is 7.93. The number of carbonyl (C=O) groups excluding carboxylic acids is 1. The molecule has 0 unspecified atom stereocenters. The highest BCUT2D eigenvalue weighted by molar-refractivity contribution is 8.27. The predicted molar refractivity (Wildman–Crippen MR) is 111 cm³/mol. The number of thioether (sulfide) groups is 1. The number of nitrogens with zero attached hydrogens (tertiary/aromatic N) is 1. The molecular weight excluding hydrogens is 366 g/mol. The highest BCUT2D eigenvalue weighted by Crippen LogP contribution is 2.37. The first kappa shape index (κ1) is 18.5. The zero-order valence-electron chi connectivity index (χ0n) is 14.8. The third kappa shape index (κ3) is 3.76. The van der Waals surface area contributed by atoms with E-state index in [4.69, 9.17) is 21.7 Å². The molecule has 26 heavy (non-hydrogen) atoms. The zero-order chi connectivity index (χ0) is 18.7. The van der Waals surface area contributed by atoms with Crippen LogP contribution in [0, 0.1) is 6.92 Å². The summed E-state index contributed by atoms with van der Waals surface area (Å²) in [5, 5.41) is 0. The summed E-state index contributed by atoms with van der Waals surface area (Å²) in [4.78, 5) is 15.0.